The summed E-state index contributed by atoms with van der Waals surface area (Å²) in [6, 6.07) is 8.80. The molecule has 0 saturated heterocycles. The van der Waals surface area contributed by atoms with Crippen molar-refractivity contribution in [2.24, 2.45) is 10.7 Å². The highest BCUT2D eigenvalue weighted by Gasteiger charge is 2.24. The molecule has 26 heavy (non-hydrogen) atoms. The monoisotopic (exact) mass is 475 g/mol. The Morgan fingerprint density at radius 1 is 1.15 bits per heavy atom. The second-order valence-corrected chi connectivity index (χ2v) is 6.40. The molecule has 0 atom stereocenters. The van der Waals surface area contributed by atoms with Crippen LogP contribution in [0.25, 0.3) is 0 Å². The molecule has 140 valence electrons. The van der Waals surface area contributed by atoms with E-state index in [1.807, 2.05) is 32.0 Å². The number of nitrogens with two attached hydrogens (primary N) is 1. The van der Waals surface area contributed by atoms with Crippen molar-refractivity contribution >= 4 is 35.6 Å². The fourth-order valence-corrected chi connectivity index (χ4v) is 2.46. The number of benzene rings is 2. The molecule has 0 radical (unpaired) electrons. The second kappa shape index (κ2) is 8.07. The van der Waals surface area contributed by atoms with Gasteiger partial charge in [0.1, 0.15) is 11.6 Å². The van der Waals surface area contributed by atoms with Gasteiger partial charge in [0.05, 0.1) is 12.2 Å². The molecule has 0 aliphatic carbocycles. The maximum Gasteiger partial charge on any atom is 0.231 e. The van der Waals surface area contributed by atoms with Gasteiger partial charge in [-0.3, -0.25) is 4.99 Å². The molecule has 1 aliphatic rings. The number of hydrogen-bond donors (Lipinski definition) is 2. The minimum atomic E-state index is -0.602. The lowest BCUT2D eigenvalue weighted by atomic mass is 9.84. The SMILES string of the molecule is CC(C)(CN=C(N)Nc1cc(F)ccc1F)c1ccc2c(c1)OCO2.I. The molecule has 3 N–H and O–H groups in total. The Kier molecular flexibility index (Phi) is 6.27. The Bertz CT molecular complexity index is 828. The predicted octanol–water partition coefficient (Wildman–Crippen LogP) is 4.02. The Labute approximate surface area is 167 Å². The average molecular weight is 475 g/mol. The molecule has 0 aromatic heterocycles. The third-order valence-corrected chi connectivity index (χ3v) is 3.99. The first-order valence-electron chi connectivity index (χ1n) is 7.77. The number of rotatable bonds is 4. The van der Waals surface area contributed by atoms with Crippen molar-refractivity contribution in [2.75, 3.05) is 18.7 Å². The third kappa shape index (κ3) is 4.54. The second-order valence-electron chi connectivity index (χ2n) is 6.40. The van der Waals surface area contributed by atoms with Crippen LogP contribution in [-0.4, -0.2) is 19.3 Å². The van der Waals surface area contributed by atoms with Crippen molar-refractivity contribution in [1.82, 2.24) is 0 Å². The zero-order chi connectivity index (χ0) is 18.0. The van der Waals surface area contributed by atoms with Crippen LogP contribution in [0.1, 0.15) is 19.4 Å². The van der Waals surface area contributed by atoms with Gasteiger partial charge in [-0.1, -0.05) is 19.9 Å². The highest BCUT2D eigenvalue weighted by molar-refractivity contribution is 14.0. The fraction of sp³-hybridized carbons (Fsp3) is 0.278. The predicted molar refractivity (Wildman–Crippen MR) is 107 cm³/mol. The van der Waals surface area contributed by atoms with Crippen molar-refractivity contribution in [2.45, 2.75) is 19.3 Å². The molecule has 2 aromatic carbocycles. The van der Waals surface area contributed by atoms with Crippen LogP contribution in [0.15, 0.2) is 41.4 Å². The Morgan fingerprint density at radius 3 is 2.65 bits per heavy atom. The van der Waals surface area contributed by atoms with Crippen molar-refractivity contribution in [3.63, 3.8) is 0 Å². The maximum absolute atomic E-state index is 13.6. The van der Waals surface area contributed by atoms with E-state index >= 15 is 0 Å². The molecule has 0 saturated carbocycles. The molecule has 0 fully saturated rings. The van der Waals surface area contributed by atoms with Crippen LogP contribution in [-0.2, 0) is 5.41 Å². The van der Waals surface area contributed by atoms with Gasteiger partial charge in [0.25, 0.3) is 0 Å². The normalized spacial score (nSPS) is 13.3. The molecule has 8 heteroatoms. The van der Waals surface area contributed by atoms with Crippen molar-refractivity contribution in [3.05, 3.63) is 53.6 Å². The van der Waals surface area contributed by atoms with Crippen molar-refractivity contribution < 1.29 is 18.3 Å². The number of guanidine groups is 1. The summed E-state index contributed by atoms with van der Waals surface area (Å²) >= 11 is 0. The summed E-state index contributed by atoms with van der Waals surface area (Å²) in [5, 5.41) is 2.58. The summed E-state index contributed by atoms with van der Waals surface area (Å²) in [6.07, 6.45) is 0. The van der Waals surface area contributed by atoms with Crippen LogP contribution in [0.3, 0.4) is 0 Å². The van der Waals surface area contributed by atoms with E-state index in [1.54, 1.807) is 0 Å². The van der Waals surface area contributed by atoms with Crippen LogP contribution in [0.4, 0.5) is 14.5 Å². The van der Waals surface area contributed by atoms with Gasteiger partial charge in [-0.2, -0.15) is 0 Å². The van der Waals surface area contributed by atoms with Gasteiger partial charge < -0.3 is 20.5 Å². The fourth-order valence-electron chi connectivity index (χ4n) is 2.46. The van der Waals surface area contributed by atoms with Crippen LogP contribution >= 0.6 is 24.0 Å². The van der Waals surface area contributed by atoms with E-state index in [0.29, 0.717) is 18.0 Å². The van der Waals surface area contributed by atoms with Crippen LogP contribution < -0.4 is 20.5 Å². The largest absolute Gasteiger partial charge is 0.454 e. The average Bonchev–Trinajstić information content (AvgIpc) is 3.04. The minimum absolute atomic E-state index is 0. The van der Waals surface area contributed by atoms with E-state index in [1.165, 1.54) is 0 Å². The maximum atomic E-state index is 13.6. The lowest BCUT2D eigenvalue weighted by Gasteiger charge is -2.23. The summed E-state index contributed by atoms with van der Waals surface area (Å²) < 4.78 is 37.5. The number of nitrogens with one attached hydrogen (secondary N) is 1. The zero-order valence-corrected chi connectivity index (χ0v) is 16.7. The van der Waals surface area contributed by atoms with Gasteiger partial charge in [-0.15, -0.1) is 24.0 Å². The number of ether oxygens (including phenoxy) is 2. The molecule has 0 amide bonds. The first kappa shape index (κ1) is 20.2. The zero-order valence-electron chi connectivity index (χ0n) is 14.4. The standard InChI is InChI=1S/C18H19F2N3O2.HI/c1-18(2,11-3-6-15-16(7-11)25-10-24-15)9-22-17(21)23-14-8-12(19)4-5-13(14)20;/h3-8H,9-10H2,1-2H3,(H3,21,22,23);1H. The smallest absolute Gasteiger partial charge is 0.231 e. The van der Waals surface area contributed by atoms with Crippen LogP contribution in [0.5, 0.6) is 11.5 Å². The molecule has 0 spiro atoms. The Balaban J connectivity index is 0.00000243. The Hall–Kier alpha value is -2.10. The van der Waals surface area contributed by atoms with Gasteiger partial charge >= 0.3 is 0 Å². The topological polar surface area (TPSA) is 68.9 Å². The highest BCUT2D eigenvalue weighted by atomic mass is 127. The van der Waals surface area contributed by atoms with Crippen LogP contribution in [0, 0.1) is 11.6 Å². The summed E-state index contributed by atoms with van der Waals surface area (Å²) in [4.78, 5) is 4.25. The lowest BCUT2D eigenvalue weighted by molar-refractivity contribution is 0.174. The number of halogens is 3. The van der Waals surface area contributed by atoms with E-state index < -0.39 is 11.6 Å². The highest BCUT2D eigenvalue weighted by Crippen LogP contribution is 2.36. The quantitative estimate of drug-likeness (QED) is 0.399. The van der Waals surface area contributed by atoms with E-state index in [-0.39, 0.29) is 47.8 Å². The lowest BCUT2D eigenvalue weighted by Crippen LogP contribution is -2.28. The number of nitrogens with zero attached hydrogens (tertiary/aromatic N) is 1. The molecule has 2 aromatic rings. The third-order valence-electron chi connectivity index (χ3n) is 3.99. The van der Waals surface area contributed by atoms with Crippen molar-refractivity contribution in [1.29, 1.82) is 0 Å². The number of anilines is 1. The number of hydrogen-bond acceptors (Lipinski definition) is 3. The molecule has 1 aliphatic heterocycles. The van der Waals surface area contributed by atoms with Gasteiger partial charge in [-0.25, -0.2) is 8.78 Å². The first-order valence-corrected chi connectivity index (χ1v) is 7.77. The molecule has 0 bridgehead atoms. The van der Waals surface area contributed by atoms with Gasteiger partial charge in [0.2, 0.25) is 6.79 Å². The van der Waals surface area contributed by atoms with Gasteiger partial charge in [0.15, 0.2) is 17.5 Å². The molecular formula is C18H20F2IN3O2. The minimum Gasteiger partial charge on any atom is -0.454 e. The van der Waals surface area contributed by atoms with E-state index in [9.17, 15) is 8.78 Å². The summed E-state index contributed by atoms with van der Waals surface area (Å²) in [6.45, 7) is 4.57. The summed E-state index contributed by atoms with van der Waals surface area (Å²) in [7, 11) is 0. The first-order chi connectivity index (χ1) is 11.8. The molecule has 1 heterocycles. The van der Waals surface area contributed by atoms with E-state index in [4.69, 9.17) is 15.2 Å². The molecule has 3 rings (SSSR count). The van der Waals surface area contributed by atoms with Crippen molar-refractivity contribution in [3.8, 4) is 11.5 Å². The molecular weight excluding hydrogens is 455 g/mol. The summed E-state index contributed by atoms with van der Waals surface area (Å²) in [5.41, 5.74) is 6.42. The Morgan fingerprint density at radius 2 is 1.88 bits per heavy atom. The molecule has 5 nitrogen and oxygen atoms in total. The van der Waals surface area contributed by atoms with E-state index in [2.05, 4.69) is 10.3 Å². The van der Waals surface area contributed by atoms with Crippen LogP contribution in [0.2, 0.25) is 0 Å². The number of aliphatic imine (C=N–C) groups is 1. The van der Waals surface area contributed by atoms with E-state index in [0.717, 1.165) is 23.8 Å². The van der Waals surface area contributed by atoms with Gasteiger partial charge in [-0.05, 0) is 29.8 Å². The number of fused-ring (bicyclic) bond motifs is 1. The molecule has 0 unspecified atom stereocenters. The van der Waals surface area contributed by atoms with Gasteiger partial charge in [0, 0.05) is 11.5 Å². The summed E-state index contributed by atoms with van der Waals surface area (Å²) in [5.74, 6) is 0.263.